The predicted molar refractivity (Wildman–Crippen MR) is 114 cm³/mol. The van der Waals surface area contributed by atoms with E-state index in [0.29, 0.717) is 29.5 Å². The molecule has 0 radical (unpaired) electrons. The lowest BCUT2D eigenvalue weighted by Crippen LogP contribution is -2.39. The summed E-state index contributed by atoms with van der Waals surface area (Å²) in [5.41, 5.74) is 0.782. The number of ether oxygens (including phenoxy) is 2. The van der Waals surface area contributed by atoms with E-state index in [1.54, 1.807) is 18.2 Å². The second kappa shape index (κ2) is 8.54. The zero-order valence-electron chi connectivity index (χ0n) is 18.2. The monoisotopic (exact) mass is 466 g/mol. The molecule has 0 spiro atoms. The highest BCUT2D eigenvalue weighted by molar-refractivity contribution is 6.25. The van der Waals surface area contributed by atoms with Crippen LogP contribution in [-0.2, 0) is 16.1 Å². The number of carbonyl (C=O) groups is 2. The van der Waals surface area contributed by atoms with Gasteiger partial charge < -0.3 is 14.0 Å². The first-order valence-corrected chi connectivity index (χ1v) is 10.4. The summed E-state index contributed by atoms with van der Waals surface area (Å²) in [7, 11) is 1.53. The van der Waals surface area contributed by atoms with Gasteiger partial charge in [-0.15, -0.1) is 0 Å². The molecule has 0 bridgehead atoms. The Morgan fingerprint density at radius 3 is 2.74 bits per heavy atom. The Balaban J connectivity index is 1.34. The number of fused-ring (bicyclic) bond motifs is 1. The predicted octanol–water partition coefficient (Wildman–Crippen LogP) is 2.78. The highest BCUT2D eigenvalue weighted by Gasteiger charge is 2.55. The second-order valence-corrected chi connectivity index (χ2v) is 7.49. The van der Waals surface area contributed by atoms with E-state index in [1.165, 1.54) is 30.3 Å². The zero-order valence-corrected chi connectivity index (χ0v) is 18.2. The molecule has 2 amide bonds. The van der Waals surface area contributed by atoms with E-state index >= 15 is 0 Å². The van der Waals surface area contributed by atoms with Gasteiger partial charge in [-0.3, -0.25) is 14.6 Å². The molecule has 0 N–H and O–H groups in total. The first-order chi connectivity index (χ1) is 16.5. The number of amides is 2. The SMILES string of the molecule is CCOc1ccc(-c2noc(CN3N=N[C@@H]4C(=O)N(c5cccc(F)c5)C(=O)[C@@H]43)n2)cc1OC. The quantitative estimate of drug-likeness (QED) is 0.487. The average molecular weight is 466 g/mol. The van der Waals surface area contributed by atoms with Gasteiger partial charge in [-0.2, -0.15) is 10.1 Å². The van der Waals surface area contributed by atoms with Gasteiger partial charge in [-0.05, 0) is 43.3 Å². The fourth-order valence-corrected chi connectivity index (χ4v) is 3.88. The summed E-state index contributed by atoms with van der Waals surface area (Å²) in [4.78, 5) is 31.1. The maximum atomic E-state index is 13.6. The Morgan fingerprint density at radius 1 is 1.12 bits per heavy atom. The molecule has 2 aromatic carbocycles. The lowest BCUT2D eigenvalue weighted by atomic mass is 10.1. The van der Waals surface area contributed by atoms with E-state index < -0.39 is 29.7 Å². The Hall–Kier alpha value is -4.35. The van der Waals surface area contributed by atoms with Crippen molar-refractivity contribution >= 4 is 17.5 Å². The maximum Gasteiger partial charge on any atom is 0.263 e. The topological polar surface area (TPSA) is 123 Å². The highest BCUT2D eigenvalue weighted by Crippen LogP contribution is 2.34. The number of aromatic nitrogens is 2. The van der Waals surface area contributed by atoms with Crippen molar-refractivity contribution in [1.29, 1.82) is 0 Å². The first-order valence-electron chi connectivity index (χ1n) is 10.4. The van der Waals surface area contributed by atoms with Crippen molar-refractivity contribution in [3.8, 4) is 22.9 Å². The van der Waals surface area contributed by atoms with E-state index in [2.05, 4.69) is 20.5 Å². The van der Waals surface area contributed by atoms with E-state index in [-0.39, 0.29) is 18.1 Å². The summed E-state index contributed by atoms with van der Waals surface area (Å²) in [6.45, 7) is 2.33. The molecule has 2 atom stereocenters. The standard InChI is InChI=1S/C22H19FN6O5/c1-3-33-15-8-7-12(9-16(15)32-2)20-24-17(34-26-20)11-28-19-18(25-27-28)21(30)29(22(19)31)14-6-4-5-13(23)10-14/h4-10,18-19H,3,11H2,1-2H3/t18-,19+/m0/s1. The second-order valence-electron chi connectivity index (χ2n) is 7.49. The van der Waals surface area contributed by atoms with Crippen molar-refractivity contribution in [2.75, 3.05) is 18.6 Å². The van der Waals surface area contributed by atoms with Crippen LogP contribution in [-0.4, -0.2) is 52.8 Å². The van der Waals surface area contributed by atoms with Crippen LogP contribution in [0.3, 0.4) is 0 Å². The van der Waals surface area contributed by atoms with Crippen LogP contribution in [0.5, 0.6) is 11.5 Å². The summed E-state index contributed by atoms with van der Waals surface area (Å²) in [6.07, 6.45) is 0. The molecule has 5 rings (SSSR count). The molecule has 0 unspecified atom stereocenters. The van der Waals surface area contributed by atoms with Gasteiger partial charge in [0.05, 0.1) is 19.4 Å². The number of carbonyl (C=O) groups excluding carboxylic acids is 2. The van der Waals surface area contributed by atoms with Crippen molar-refractivity contribution in [2.45, 2.75) is 25.6 Å². The summed E-state index contributed by atoms with van der Waals surface area (Å²) in [6, 6.07) is 8.50. The molecule has 2 aliphatic rings. The third-order valence-electron chi connectivity index (χ3n) is 5.41. The van der Waals surface area contributed by atoms with Gasteiger partial charge in [0.2, 0.25) is 11.7 Å². The van der Waals surface area contributed by atoms with Gasteiger partial charge in [-0.25, -0.2) is 9.29 Å². The Bertz CT molecular complexity index is 1290. The van der Waals surface area contributed by atoms with Crippen LogP contribution in [0.15, 0.2) is 57.3 Å². The van der Waals surface area contributed by atoms with Gasteiger partial charge in [0.25, 0.3) is 11.8 Å². The van der Waals surface area contributed by atoms with Crippen LogP contribution in [0.1, 0.15) is 12.8 Å². The Morgan fingerprint density at radius 2 is 1.97 bits per heavy atom. The third-order valence-corrected chi connectivity index (χ3v) is 5.41. The summed E-state index contributed by atoms with van der Waals surface area (Å²) < 4.78 is 29.8. The minimum absolute atomic E-state index is 0.0398. The van der Waals surface area contributed by atoms with Crippen molar-refractivity contribution in [3.63, 3.8) is 0 Å². The zero-order chi connectivity index (χ0) is 23.8. The van der Waals surface area contributed by atoms with Crippen molar-refractivity contribution in [3.05, 3.63) is 54.2 Å². The highest BCUT2D eigenvalue weighted by atomic mass is 19.1. The maximum absolute atomic E-state index is 13.6. The summed E-state index contributed by atoms with van der Waals surface area (Å²) >= 11 is 0. The Labute approximate surface area is 192 Å². The number of anilines is 1. The molecule has 3 aromatic rings. The van der Waals surface area contributed by atoms with Gasteiger partial charge in [0.15, 0.2) is 23.6 Å². The van der Waals surface area contributed by atoms with Crippen LogP contribution in [0.2, 0.25) is 0 Å². The van der Waals surface area contributed by atoms with Gasteiger partial charge >= 0.3 is 0 Å². The van der Waals surface area contributed by atoms with E-state index in [1.807, 2.05) is 6.92 Å². The van der Waals surface area contributed by atoms with Crippen LogP contribution < -0.4 is 14.4 Å². The van der Waals surface area contributed by atoms with Crippen LogP contribution in [0.25, 0.3) is 11.4 Å². The lowest BCUT2D eigenvalue weighted by molar-refractivity contribution is -0.123. The van der Waals surface area contributed by atoms with Crippen LogP contribution >= 0.6 is 0 Å². The smallest absolute Gasteiger partial charge is 0.263 e. The molecular formula is C22H19FN6O5. The number of halogens is 1. The molecule has 1 saturated heterocycles. The third kappa shape index (κ3) is 3.62. The molecule has 1 aromatic heterocycles. The van der Waals surface area contributed by atoms with Gasteiger partial charge in [-0.1, -0.05) is 16.4 Å². The van der Waals surface area contributed by atoms with E-state index in [9.17, 15) is 14.0 Å². The van der Waals surface area contributed by atoms with Crippen molar-refractivity contribution < 1.29 is 28.0 Å². The van der Waals surface area contributed by atoms with Gasteiger partial charge in [0, 0.05) is 5.56 Å². The molecule has 174 valence electrons. The van der Waals surface area contributed by atoms with E-state index in [4.69, 9.17) is 14.0 Å². The van der Waals surface area contributed by atoms with Crippen molar-refractivity contribution in [1.82, 2.24) is 15.1 Å². The van der Waals surface area contributed by atoms with Crippen LogP contribution in [0, 0.1) is 5.82 Å². The molecule has 2 aliphatic heterocycles. The molecule has 12 heteroatoms. The molecule has 34 heavy (non-hydrogen) atoms. The lowest BCUT2D eigenvalue weighted by Gasteiger charge is -2.19. The number of nitrogens with zero attached hydrogens (tertiary/aromatic N) is 6. The number of imide groups is 1. The number of methoxy groups -OCH3 is 1. The molecule has 1 fully saturated rings. The molecule has 0 aliphatic carbocycles. The number of hydrogen-bond donors (Lipinski definition) is 0. The molecule has 3 heterocycles. The molecular weight excluding hydrogens is 447 g/mol. The number of rotatable bonds is 7. The summed E-state index contributed by atoms with van der Waals surface area (Å²) in [5.74, 6) is -0.0899. The van der Waals surface area contributed by atoms with Crippen molar-refractivity contribution in [2.24, 2.45) is 10.3 Å². The minimum atomic E-state index is -1.02. The Kier molecular flexibility index (Phi) is 5.40. The molecule has 0 saturated carbocycles. The van der Waals surface area contributed by atoms with Gasteiger partial charge in [0.1, 0.15) is 12.4 Å². The number of hydrogen-bond acceptors (Lipinski definition) is 10. The average Bonchev–Trinajstić information content (AvgIpc) is 3.52. The number of benzene rings is 2. The van der Waals surface area contributed by atoms with E-state index in [0.717, 1.165) is 11.0 Å². The fourth-order valence-electron chi connectivity index (χ4n) is 3.88. The molecule has 11 nitrogen and oxygen atoms in total. The minimum Gasteiger partial charge on any atom is -0.493 e. The largest absolute Gasteiger partial charge is 0.493 e. The van der Waals surface area contributed by atoms with Crippen LogP contribution in [0.4, 0.5) is 10.1 Å². The summed E-state index contributed by atoms with van der Waals surface area (Å²) in [5, 5.41) is 13.2. The fraction of sp³-hybridized carbons (Fsp3) is 0.273. The normalized spacial score (nSPS) is 19.1. The first kappa shape index (κ1) is 21.5.